The van der Waals surface area contributed by atoms with Gasteiger partial charge in [-0.15, -0.1) is 0 Å². The first-order valence-electron chi connectivity index (χ1n) is 8.93. The Hall–Kier alpha value is -2.98. The van der Waals surface area contributed by atoms with Crippen LogP contribution in [0.5, 0.6) is 5.75 Å². The van der Waals surface area contributed by atoms with E-state index in [0.717, 1.165) is 5.56 Å². The van der Waals surface area contributed by atoms with Crippen LogP contribution in [0.3, 0.4) is 0 Å². The summed E-state index contributed by atoms with van der Waals surface area (Å²) in [5.41, 5.74) is 6.11. The number of nitrogens with one attached hydrogen (secondary N) is 4. The van der Waals surface area contributed by atoms with Crippen LogP contribution in [0.4, 0.5) is 0 Å². The van der Waals surface area contributed by atoms with Crippen LogP contribution >= 0.6 is 28.1 Å². The first-order chi connectivity index (χ1) is 14.4. The minimum Gasteiger partial charge on any atom is -0.496 e. The van der Waals surface area contributed by atoms with Crippen LogP contribution in [0.15, 0.2) is 53.0 Å². The molecule has 0 heterocycles. The lowest BCUT2D eigenvalue weighted by Gasteiger charge is -2.11. The number of methoxy groups -OCH3 is 1. The first kappa shape index (κ1) is 23.3. The van der Waals surface area contributed by atoms with E-state index in [0.29, 0.717) is 22.3 Å². The third-order valence-electron chi connectivity index (χ3n) is 3.87. The van der Waals surface area contributed by atoms with Crippen LogP contribution in [0.25, 0.3) is 0 Å². The Kier molecular flexibility index (Phi) is 9.23. The van der Waals surface area contributed by atoms with Crippen molar-refractivity contribution in [2.24, 2.45) is 0 Å². The van der Waals surface area contributed by atoms with Crippen LogP contribution in [-0.4, -0.2) is 29.9 Å². The number of hydrazine groups is 1. The Balaban J connectivity index is 1.67. The van der Waals surface area contributed by atoms with Gasteiger partial charge in [-0.1, -0.05) is 30.3 Å². The fraction of sp³-hybridized carbons (Fsp3) is 0.200. The number of hydrogen-bond acceptors (Lipinski definition) is 5. The second-order valence-electron chi connectivity index (χ2n) is 6.07. The molecule has 158 valence electrons. The van der Waals surface area contributed by atoms with Crippen molar-refractivity contribution >= 4 is 51.0 Å². The van der Waals surface area contributed by atoms with Gasteiger partial charge in [0.15, 0.2) is 5.11 Å². The monoisotopic (exact) mass is 492 g/mol. The quantitative estimate of drug-likeness (QED) is 0.348. The standard InChI is InChI=1S/C20H21BrN4O4S/c1-29-16-8-7-14(11-15(16)21)19(28)23-20(30)25-24-18(27)10-9-17(26)22-12-13-5-3-2-4-6-13/h2-8,11H,9-10,12H2,1H3,(H,22,26)(H,24,27)(H2,23,25,28,30). The molecule has 0 aromatic heterocycles. The van der Waals surface area contributed by atoms with Crippen molar-refractivity contribution in [2.45, 2.75) is 19.4 Å². The maximum Gasteiger partial charge on any atom is 0.257 e. The highest BCUT2D eigenvalue weighted by molar-refractivity contribution is 9.10. The average molecular weight is 493 g/mol. The molecule has 0 radical (unpaired) electrons. The zero-order valence-corrected chi connectivity index (χ0v) is 18.6. The summed E-state index contributed by atoms with van der Waals surface area (Å²) < 4.78 is 5.73. The summed E-state index contributed by atoms with van der Waals surface area (Å²) in [7, 11) is 1.52. The van der Waals surface area contributed by atoms with Gasteiger partial charge in [0.05, 0.1) is 11.6 Å². The molecule has 2 aromatic rings. The highest BCUT2D eigenvalue weighted by Crippen LogP contribution is 2.25. The van der Waals surface area contributed by atoms with E-state index in [2.05, 4.69) is 37.4 Å². The van der Waals surface area contributed by atoms with Crippen molar-refractivity contribution in [1.82, 2.24) is 21.5 Å². The van der Waals surface area contributed by atoms with Gasteiger partial charge in [-0.2, -0.15) is 0 Å². The van der Waals surface area contributed by atoms with Gasteiger partial charge < -0.3 is 10.1 Å². The van der Waals surface area contributed by atoms with Gasteiger partial charge in [-0.05, 0) is 51.9 Å². The lowest BCUT2D eigenvalue weighted by Crippen LogP contribution is -2.48. The molecule has 0 spiro atoms. The maximum absolute atomic E-state index is 12.2. The number of benzene rings is 2. The van der Waals surface area contributed by atoms with Crippen LogP contribution < -0.4 is 26.2 Å². The first-order valence-corrected chi connectivity index (χ1v) is 10.1. The number of rotatable bonds is 7. The summed E-state index contributed by atoms with van der Waals surface area (Å²) in [4.78, 5) is 35.9. The molecule has 0 unspecified atom stereocenters. The molecule has 0 aliphatic heterocycles. The Morgan fingerprint density at radius 2 is 1.70 bits per heavy atom. The van der Waals surface area contributed by atoms with E-state index < -0.39 is 11.8 Å². The van der Waals surface area contributed by atoms with Crippen molar-refractivity contribution in [2.75, 3.05) is 7.11 Å². The number of thiocarbonyl (C=S) groups is 1. The van der Waals surface area contributed by atoms with E-state index in [9.17, 15) is 14.4 Å². The maximum atomic E-state index is 12.2. The van der Waals surface area contributed by atoms with Crippen molar-refractivity contribution in [1.29, 1.82) is 0 Å². The Morgan fingerprint density at radius 1 is 1.00 bits per heavy atom. The fourth-order valence-corrected chi connectivity index (χ4v) is 3.00. The zero-order chi connectivity index (χ0) is 21.9. The van der Waals surface area contributed by atoms with E-state index in [1.807, 2.05) is 30.3 Å². The van der Waals surface area contributed by atoms with Crippen molar-refractivity contribution in [3.8, 4) is 5.75 Å². The normalized spacial score (nSPS) is 9.93. The summed E-state index contributed by atoms with van der Waals surface area (Å²) in [6.07, 6.45) is -0.00501. The van der Waals surface area contributed by atoms with E-state index in [1.165, 1.54) is 7.11 Å². The summed E-state index contributed by atoms with van der Waals surface area (Å²) in [5.74, 6) is -0.540. The third kappa shape index (κ3) is 7.80. The summed E-state index contributed by atoms with van der Waals surface area (Å²) >= 11 is 8.29. The number of carbonyl (C=O) groups excluding carboxylic acids is 3. The molecule has 0 saturated heterocycles. The largest absolute Gasteiger partial charge is 0.496 e. The molecule has 0 saturated carbocycles. The SMILES string of the molecule is COc1ccc(C(=O)NC(=S)NNC(=O)CCC(=O)NCc2ccccc2)cc1Br. The zero-order valence-electron chi connectivity index (χ0n) is 16.2. The number of carbonyl (C=O) groups is 3. The molecule has 0 bridgehead atoms. The lowest BCUT2D eigenvalue weighted by molar-refractivity contribution is -0.126. The van der Waals surface area contributed by atoms with Gasteiger partial charge >= 0.3 is 0 Å². The van der Waals surface area contributed by atoms with Crippen molar-refractivity contribution in [3.05, 3.63) is 64.1 Å². The molecule has 4 N–H and O–H groups in total. The molecular formula is C20H21BrN4O4S. The smallest absolute Gasteiger partial charge is 0.257 e. The molecule has 2 aromatic carbocycles. The molecule has 2 rings (SSSR count). The van der Waals surface area contributed by atoms with Crippen LogP contribution in [0, 0.1) is 0 Å². The molecule has 8 nitrogen and oxygen atoms in total. The van der Waals surface area contributed by atoms with E-state index in [4.69, 9.17) is 17.0 Å². The van der Waals surface area contributed by atoms with Gasteiger partial charge in [0.2, 0.25) is 11.8 Å². The van der Waals surface area contributed by atoms with Crippen LogP contribution in [0.2, 0.25) is 0 Å². The predicted molar refractivity (Wildman–Crippen MR) is 120 cm³/mol. The van der Waals surface area contributed by atoms with Crippen molar-refractivity contribution < 1.29 is 19.1 Å². The summed E-state index contributed by atoms with van der Waals surface area (Å²) in [6.45, 7) is 0.400. The molecule has 0 atom stereocenters. The highest BCUT2D eigenvalue weighted by Gasteiger charge is 2.12. The van der Waals surface area contributed by atoms with Gasteiger partial charge in [-0.25, -0.2) is 0 Å². The summed E-state index contributed by atoms with van der Waals surface area (Å²) in [5, 5.41) is 5.11. The third-order valence-corrected chi connectivity index (χ3v) is 4.69. The van der Waals surface area contributed by atoms with Crippen LogP contribution in [-0.2, 0) is 16.1 Å². The molecule has 0 fully saturated rings. The van der Waals surface area contributed by atoms with Gasteiger partial charge in [-0.3, -0.25) is 30.6 Å². The molecule has 10 heteroatoms. The Labute approximate surface area is 187 Å². The van der Waals surface area contributed by atoms with E-state index in [-0.39, 0.29) is 23.9 Å². The van der Waals surface area contributed by atoms with Gasteiger partial charge in [0, 0.05) is 24.9 Å². The lowest BCUT2D eigenvalue weighted by atomic mass is 10.2. The second-order valence-corrected chi connectivity index (χ2v) is 7.33. The number of amides is 3. The molecule has 0 aliphatic rings. The topological polar surface area (TPSA) is 109 Å². The van der Waals surface area contributed by atoms with Gasteiger partial charge in [0.1, 0.15) is 5.75 Å². The van der Waals surface area contributed by atoms with Gasteiger partial charge in [0.25, 0.3) is 5.91 Å². The average Bonchev–Trinajstić information content (AvgIpc) is 2.75. The minimum absolute atomic E-state index is 0.0271. The Bertz CT molecular complexity index is 924. The van der Waals surface area contributed by atoms with Crippen LogP contribution in [0.1, 0.15) is 28.8 Å². The highest BCUT2D eigenvalue weighted by atomic mass is 79.9. The van der Waals surface area contributed by atoms with E-state index in [1.54, 1.807) is 18.2 Å². The van der Waals surface area contributed by atoms with E-state index >= 15 is 0 Å². The number of halogens is 1. The molecular weight excluding hydrogens is 472 g/mol. The second kappa shape index (κ2) is 11.9. The summed E-state index contributed by atoms with van der Waals surface area (Å²) in [6, 6.07) is 14.3. The molecule has 3 amide bonds. The predicted octanol–water partition coefficient (Wildman–Crippen LogP) is 2.19. The molecule has 0 aliphatic carbocycles. The number of hydrogen-bond donors (Lipinski definition) is 4. The molecule has 30 heavy (non-hydrogen) atoms. The van der Waals surface area contributed by atoms with Crippen molar-refractivity contribution in [3.63, 3.8) is 0 Å². The number of ether oxygens (including phenoxy) is 1. The minimum atomic E-state index is -0.453. The fourth-order valence-electron chi connectivity index (χ4n) is 2.32. The Morgan fingerprint density at radius 3 is 2.37 bits per heavy atom.